The van der Waals surface area contributed by atoms with Crippen molar-refractivity contribution >= 4 is 21.6 Å². The van der Waals surface area contributed by atoms with Crippen LogP contribution in [0.15, 0.2) is 114 Å². The number of carbonyl (C=O) groups is 1. The number of sulfonamides is 1. The first-order chi connectivity index (χ1) is 17.4. The molecule has 0 aliphatic heterocycles. The highest BCUT2D eigenvalue weighted by atomic mass is 32.2. The van der Waals surface area contributed by atoms with Gasteiger partial charge in [-0.3, -0.25) is 9.10 Å². The number of hydrogen-bond donors (Lipinski definition) is 0. The van der Waals surface area contributed by atoms with Crippen LogP contribution in [-0.2, 0) is 23.1 Å². The molecule has 0 bridgehead atoms. The Bertz CT molecular complexity index is 1420. The van der Waals surface area contributed by atoms with E-state index < -0.39 is 10.0 Å². The molecule has 0 heterocycles. The molecule has 0 N–H and O–H groups in total. The van der Waals surface area contributed by atoms with Crippen molar-refractivity contribution in [2.24, 2.45) is 0 Å². The van der Waals surface area contributed by atoms with Crippen LogP contribution in [0.3, 0.4) is 0 Å². The van der Waals surface area contributed by atoms with Crippen molar-refractivity contribution in [1.82, 2.24) is 4.90 Å². The molecular formula is C29H28N2O4S. The van der Waals surface area contributed by atoms with Crippen LogP contribution in [-0.4, -0.2) is 33.4 Å². The largest absolute Gasteiger partial charge is 0.496 e. The number of para-hydroxylation sites is 2. The number of anilines is 1. The fourth-order valence-electron chi connectivity index (χ4n) is 4.01. The van der Waals surface area contributed by atoms with Crippen LogP contribution in [0.25, 0.3) is 0 Å². The van der Waals surface area contributed by atoms with Crippen LogP contribution < -0.4 is 9.04 Å². The van der Waals surface area contributed by atoms with Crippen molar-refractivity contribution in [1.29, 1.82) is 0 Å². The molecule has 0 fully saturated rings. The van der Waals surface area contributed by atoms with Gasteiger partial charge in [-0.05, 0) is 35.9 Å². The van der Waals surface area contributed by atoms with Crippen molar-refractivity contribution in [3.05, 3.63) is 126 Å². The van der Waals surface area contributed by atoms with Gasteiger partial charge >= 0.3 is 0 Å². The van der Waals surface area contributed by atoms with Crippen molar-refractivity contribution < 1.29 is 17.9 Å². The number of hydrogen-bond acceptors (Lipinski definition) is 4. The maximum atomic E-state index is 13.8. The summed E-state index contributed by atoms with van der Waals surface area (Å²) in [7, 11) is -0.679. The Balaban J connectivity index is 1.75. The van der Waals surface area contributed by atoms with Crippen LogP contribution in [0.4, 0.5) is 5.69 Å². The van der Waals surface area contributed by atoms with E-state index in [4.69, 9.17) is 4.74 Å². The molecule has 0 aliphatic carbocycles. The highest BCUT2D eigenvalue weighted by Gasteiger charge is 2.29. The Morgan fingerprint density at radius 2 is 1.33 bits per heavy atom. The SMILES string of the molecule is COc1ccccc1CN(C)C(=O)c1ccccc1N(Cc1ccccc1)S(=O)(=O)c1ccccc1. The van der Waals surface area contributed by atoms with Gasteiger partial charge in [0.1, 0.15) is 5.75 Å². The van der Waals surface area contributed by atoms with Gasteiger partial charge in [0.05, 0.1) is 29.8 Å². The molecule has 4 aromatic carbocycles. The topological polar surface area (TPSA) is 66.9 Å². The molecule has 1 amide bonds. The molecule has 4 aromatic rings. The molecule has 0 unspecified atom stereocenters. The van der Waals surface area contributed by atoms with E-state index >= 15 is 0 Å². The summed E-state index contributed by atoms with van der Waals surface area (Å²) in [6.07, 6.45) is 0. The molecule has 0 atom stereocenters. The van der Waals surface area contributed by atoms with Crippen LogP contribution in [0.5, 0.6) is 5.75 Å². The van der Waals surface area contributed by atoms with Crippen LogP contribution >= 0.6 is 0 Å². The van der Waals surface area contributed by atoms with E-state index in [1.54, 1.807) is 73.7 Å². The lowest BCUT2D eigenvalue weighted by molar-refractivity contribution is 0.0785. The molecule has 0 spiro atoms. The average Bonchev–Trinajstić information content (AvgIpc) is 2.92. The molecule has 184 valence electrons. The quantitative estimate of drug-likeness (QED) is 0.310. The number of methoxy groups -OCH3 is 1. The molecule has 7 heteroatoms. The first-order valence-electron chi connectivity index (χ1n) is 11.5. The minimum Gasteiger partial charge on any atom is -0.496 e. The van der Waals surface area contributed by atoms with Gasteiger partial charge in [-0.1, -0.05) is 78.9 Å². The third-order valence-electron chi connectivity index (χ3n) is 5.85. The van der Waals surface area contributed by atoms with E-state index in [2.05, 4.69) is 0 Å². The smallest absolute Gasteiger partial charge is 0.264 e. The summed E-state index contributed by atoms with van der Waals surface area (Å²) in [6, 6.07) is 31.9. The van der Waals surface area contributed by atoms with Gasteiger partial charge in [0.15, 0.2) is 0 Å². The summed E-state index contributed by atoms with van der Waals surface area (Å²) in [5.41, 5.74) is 2.28. The zero-order chi connectivity index (χ0) is 25.5. The van der Waals surface area contributed by atoms with E-state index in [0.29, 0.717) is 23.5 Å². The van der Waals surface area contributed by atoms with Gasteiger partial charge in [0.2, 0.25) is 0 Å². The van der Waals surface area contributed by atoms with Crippen LogP contribution in [0.2, 0.25) is 0 Å². The lowest BCUT2D eigenvalue weighted by Gasteiger charge is -2.28. The molecule has 0 radical (unpaired) electrons. The van der Waals surface area contributed by atoms with Gasteiger partial charge in [0.25, 0.3) is 15.9 Å². The van der Waals surface area contributed by atoms with E-state index in [1.807, 2.05) is 54.6 Å². The highest BCUT2D eigenvalue weighted by Crippen LogP contribution is 2.30. The maximum absolute atomic E-state index is 13.8. The minimum absolute atomic E-state index is 0.0819. The van der Waals surface area contributed by atoms with E-state index in [9.17, 15) is 13.2 Å². The summed E-state index contributed by atoms with van der Waals surface area (Å²) >= 11 is 0. The summed E-state index contributed by atoms with van der Waals surface area (Å²) in [5, 5.41) is 0. The predicted molar refractivity (Wildman–Crippen MR) is 141 cm³/mol. The fraction of sp³-hybridized carbons (Fsp3) is 0.138. The third-order valence-corrected chi connectivity index (χ3v) is 7.62. The maximum Gasteiger partial charge on any atom is 0.264 e. The predicted octanol–water partition coefficient (Wildman–Crippen LogP) is 5.36. The number of nitrogens with zero attached hydrogens (tertiary/aromatic N) is 2. The van der Waals surface area contributed by atoms with Gasteiger partial charge in [-0.2, -0.15) is 0 Å². The standard InChI is InChI=1S/C29H28N2O4S/c1-30(22-24-15-9-12-20-28(24)35-2)29(32)26-18-10-11-19-27(26)31(21-23-13-5-3-6-14-23)36(33,34)25-16-7-4-8-17-25/h3-20H,21-22H2,1-2H3. The number of rotatable bonds is 9. The Morgan fingerprint density at radius 1 is 0.750 bits per heavy atom. The summed E-state index contributed by atoms with van der Waals surface area (Å²) in [5.74, 6) is 0.389. The van der Waals surface area contributed by atoms with Crippen LogP contribution in [0, 0.1) is 0 Å². The Labute approximate surface area is 212 Å². The Morgan fingerprint density at radius 3 is 2.03 bits per heavy atom. The molecule has 36 heavy (non-hydrogen) atoms. The number of benzene rings is 4. The lowest BCUT2D eigenvalue weighted by atomic mass is 10.1. The van der Waals surface area contributed by atoms with E-state index in [-0.39, 0.29) is 17.3 Å². The van der Waals surface area contributed by atoms with Crippen molar-refractivity contribution in [2.75, 3.05) is 18.5 Å². The minimum atomic E-state index is -3.96. The van der Waals surface area contributed by atoms with Crippen molar-refractivity contribution in [3.8, 4) is 5.75 Å². The zero-order valence-electron chi connectivity index (χ0n) is 20.2. The summed E-state index contributed by atoms with van der Waals surface area (Å²) in [4.78, 5) is 15.4. The normalized spacial score (nSPS) is 11.1. The second-order valence-corrected chi connectivity index (χ2v) is 10.2. The lowest BCUT2D eigenvalue weighted by Crippen LogP contribution is -2.34. The van der Waals surface area contributed by atoms with Gasteiger partial charge < -0.3 is 9.64 Å². The van der Waals surface area contributed by atoms with E-state index in [0.717, 1.165) is 11.1 Å². The van der Waals surface area contributed by atoms with Gasteiger partial charge in [-0.15, -0.1) is 0 Å². The highest BCUT2D eigenvalue weighted by molar-refractivity contribution is 7.92. The first kappa shape index (κ1) is 25.0. The molecular weight excluding hydrogens is 472 g/mol. The molecule has 0 saturated heterocycles. The molecule has 0 aromatic heterocycles. The average molecular weight is 501 g/mol. The number of ether oxygens (including phenoxy) is 1. The first-order valence-corrected chi connectivity index (χ1v) is 12.9. The van der Waals surface area contributed by atoms with Crippen LogP contribution in [0.1, 0.15) is 21.5 Å². The molecule has 4 rings (SSSR count). The summed E-state index contributed by atoms with van der Waals surface area (Å²) in [6.45, 7) is 0.389. The second-order valence-electron chi connectivity index (χ2n) is 8.30. The van der Waals surface area contributed by atoms with Crippen molar-refractivity contribution in [3.63, 3.8) is 0 Å². The van der Waals surface area contributed by atoms with E-state index in [1.165, 1.54) is 4.31 Å². The Hall–Kier alpha value is -4.10. The number of amides is 1. The molecule has 0 aliphatic rings. The third kappa shape index (κ3) is 5.42. The monoisotopic (exact) mass is 500 g/mol. The summed E-state index contributed by atoms with van der Waals surface area (Å²) < 4.78 is 34.4. The molecule has 6 nitrogen and oxygen atoms in total. The fourth-order valence-corrected chi connectivity index (χ4v) is 5.50. The Kier molecular flexibility index (Phi) is 7.71. The molecule has 0 saturated carbocycles. The zero-order valence-corrected chi connectivity index (χ0v) is 21.1. The number of carbonyl (C=O) groups excluding carboxylic acids is 1. The van der Waals surface area contributed by atoms with Gasteiger partial charge in [0, 0.05) is 19.2 Å². The van der Waals surface area contributed by atoms with Crippen molar-refractivity contribution in [2.45, 2.75) is 18.0 Å². The van der Waals surface area contributed by atoms with Gasteiger partial charge in [-0.25, -0.2) is 8.42 Å². The second kappa shape index (κ2) is 11.1.